The van der Waals surface area contributed by atoms with Gasteiger partial charge >= 0.3 is 7.82 Å². The summed E-state index contributed by atoms with van der Waals surface area (Å²) in [4.78, 5) is 32.0. The number of phosphoric ester groups is 1. The molecule has 0 aromatic heterocycles. The standard InChI is InChI=1S/C23H41N2O9P/c1-25-14-11-18(26)24-23(22(25)29)12-7-5-3-2-4-6-9-16(10-8-13-23)21-20(28)19(27)17(34-21)15-33-35(30,31)32/h11,14,16-17,19-22,27-29H,2-10,12-13,15H2,1H3,(H,24,26)(H2,30,31,32). The van der Waals surface area contributed by atoms with Crippen LogP contribution in [0.1, 0.15) is 70.6 Å². The molecule has 6 N–H and O–H groups in total. The van der Waals surface area contributed by atoms with Crippen molar-refractivity contribution >= 4 is 13.7 Å². The maximum Gasteiger partial charge on any atom is 0.469 e. The molecule has 0 aromatic rings. The molecule has 0 aromatic carbocycles. The number of nitrogens with zero attached hydrogens (tertiary/aromatic N) is 1. The van der Waals surface area contributed by atoms with E-state index in [0.29, 0.717) is 25.7 Å². The Morgan fingerprint density at radius 2 is 1.69 bits per heavy atom. The van der Waals surface area contributed by atoms with Gasteiger partial charge in [-0.05, 0) is 31.6 Å². The number of aliphatic hydroxyl groups excluding tert-OH is 3. The van der Waals surface area contributed by atoms with E-state index in [0.717, 1.165) is 44.9 Å². The fraction of sp³-hybridized carbons (Fsp3) is 0.870. The summed E-state index contributed by atoms with van der Waals surface area (Å²) >= 11 is 0. The van der Waals surface area contributed by atoms with Crippen molar-refractivity contribution in [3.05, 3.63) is 12.3 Å². The maximum atomic E-state index is 12.4. The highest BCUT2D eigenvalue weighted by molar-refractivity contribution is 7.46. The highest BCUT2D eigenvalue weighted by atomic mass is 31.2. The first-order valence-corrected chi connectivity index (χ1v) is 14.2. The zero-order valence-corrected chi connectivity index (χ0v) is 21.3. The molecule has 3 aliphatic rings. The summed E-state index contributed by atoms with van der Waals surface area (Å²) in [7, 11) is -2.98. The Labute approximate surface area is 206 Å². The van der Waals surface area contributed by atoms with Gasteiger partial charge in [0.15, 0.2) is 0 Å². The summed E-state index contributed by atoms with van der Waals surface area (Å²) < 4.78 is 21.4. The topological polar surface area (TPSA) is 169 Å². The van der Waals surface area contributed by atoms with Gasteiger partial charge in [0.05, 0.1) is 18.2 Å². The lowest BCUT2D eigenvalue weighted by molar-refractivity contribution is -0.122. The third kappa shape index (κ3) is 7.72. The molecule has 1 amide bonds. The predicted molar refractivity (Wildman–Crippen MR) is 127 cm³/mol. The van der Waals surface area contributed by atoms with Crippen LogP contribution in [0.25, 0.3) is 0 Å². The molecule has 35 heavy (non-hydrogen) atoms. The summed E-state index contributed by atoms with van der Waals surface area (Å²) in [5.41, 5.74) is -0.803. The van der Waals surface area contributed by atoms with Gasteiger partial charge in [-0.15, -0.1) is 0 Å². The monoisotopic (exact) mass is 520 g/mol. The lowest BCUT2D eigenvalue weighted by atomic mass is 9.81. The molecule has 7 unspecified atom stereocenters. The second kappa shape index (κ2) is 12.5. The molecule has 2 aliphatic heterocycles. The molecule has 1 saturated carbocycles. The van der Waals surface area contributed by atoms with Gasteiger partial charge in [-0.1, -0.05) is 44.9 Å². The summed E-state index contributed by atoms with van der Waals surface area (Å²) in [5, 5.41) is 35.3. The van der Waals surface area contributed by atoms with Crippen molar-refractivity contribution in [2.75, 3.05) is 13.7 Å². The minimum absolute atomic E-state index is 0.105. The van der Waals surface area contributed by atoms with Crippen LogP contribution in [0.2, 0.25) is 0 Å². The summed E-state index contributed by atoms with van der Waals surface area (Å²) in [5.74, 6) is -0.341. The van der Waals surface area contributed by atoms with E-state index >= 15 is 0 Å². The van der Waals surface area contributed by atoms with E-state index in [1.807, 2.05) is 0 Å². The number of carbonyl (C=O) groups is 1. The predicted octanol–water partition coefficient (Wildman–Crippen LogP) is 1.14. The van der Waals surface area contributed by atoms with E-state index in [9.17, 15) is 24.7 Å². The van der Waals surface area contributed by atoms with E-state index in [2.05, 4.69) is 9.84 Å². The summed E-state index contributed by atoms with van der Waals surface area (Å²) in [6, 6.07) is 0. The molecule has 1 aliphatic carbocycles. The average Bonchev–Trinajstić information content (AvgIpc) is 3.03. The van der Waals surface area contributed by atoms with E-state index in [1.54, 1.807) is 18.1 Å². The Morgan fingerprint density at radius 3 is 2.40 bits per heavy atom. The zero-order chi connectivity index (χ0) is 25.6. The van der Waals surface area contributed by atoms with Gasteiger partial charge in [-0.2, -0.15) is 0 Å². The van der Waals surface area contributed by atoms with E-state index in [1.165, 1.54) is 6.08 Å². The van der Waals surface area contributed by atoms with Crippen molar-refractivity contribution in [3.8, 4) is 0 Å². The van der Waals surface area contributed by atoms with Crippen molar-refractivity contribution in [2.45, 2.75) is 107 Å². The fourth-order valence-electron chi connectivity index (χ4n) is 5.70. The Balaban J connectivity index is 1.73. The highest BCUT2D eigenvalue weighted by Crippen LogP contribution is 2.39. The number of likely N-dealkylation sites (N-methyl/N-ethyl adjacent to an activating group) is 1. The van der Waals surface area contributed by atoms with Crippen LogP contribution in [0.3, 0.4) is 0 Å². The number of hydrogen-bond acceptors (Lipinski definition) is 8. The van der Waals surface area contributed by atoms with Crippen LogP contribution in [0.4, 0.5) is 0 Å². The first-order chi connectivity index (χ1) is 16.5. The van der Waals surface area contributed by atoms with Crippen LogP contribution in [0, 0.1) is 5.92 Å². The van der Waals surface area contributed by atoms with Crippen LogP contribution in [0.15, 0.2) is 12.3 Å². The van der Waals surface area contributed by atoms with Crippen molar-refractivity contribution < 1.29 is 43.7 Å². The number of ether oxygens (including phenoxy) is 1. The van der Waals surface area contributed by atoms with Gasteiger partial charge in [0.25, 0.3) is 0 Å². The van der Waals surface area contributed by atoms with E-state index in [4.69, 9.17) is 14.5 Å². The molecule has 12 heteroatoms. The Kier molecular flexibility index (Phi) is 10.2. The van der Waals surface area contributed by atoms with Gasteiger partial charge in [0.2, 0.25) is 5.91 Å². The number of nitrogens with one attached hydrogen (secondary N) is 1. The molecule has 2 heterocycles. The maximum absolute atomic E-state index is 12.4. The smallest absolute Gasteiger partial charge is 0.388 e. The minimum atomic E-state index is -4.73. The molecule has 0 bridgehead atoms. The Morgan fingerprint density at radius 1 is 1.06 bits per heavy atom. The molecule has 0 radical (unpaired) electrons. The lowest BCUT2D eigenvalue weighted by Gasteiger charge is -2.41. The number of aliphatic hydroxyl groups is 3. The number of phosphoric acid groups is 1. The number of hydrogen-bond donors (Lipinski definition) is 6. The molecule has 202 valence electrons. The lowest BCUT2D eigenvalue weighted by Crippen LogP contribution is -2.59. The average molecular weight is 521 g/mol. The highest BCUT2D eigenvalue weighted by Gasteiger charge is 2.47. The molecular formula is C23H41N2O9P. The van der Waals surface area contributed by atoms with Gasteiger partial charge in [0, 0.05) is 19.3 Å². The van der Waals surface area contributed by atoms with Crippen LogP contribution in [0.5, 0.6) is 0 Å². The third-order valence-electron chi connectivity index (χ3n) is 7.63. The van der Waals surface area contributed by atoms with Crippen molar-refractivity contribution in [3.63, 3.8) is 0 Å². The molecule has 1 saturated heterocycles. The minimum Gasteiger partial charge on any atom is -0.388 e. The molecular weight excluding hydrogens is 479 g/mol. The number of amides is 1. The van der Waals surface area contributed by atoms with Crippen LogP contribution >= 0.6 is 7.82 Å². The third-order valence-corrected chi connectivity index (χ3v) is 8.12. The van der Waals surface area contributed by atoms with Gasteiger partial charge in [0.1, 0.15) is 24.5 Å². The summed E-state index contributed by atoms with van der Waals surface area (Å²) in [6.45, 7) is -0.521. The zero-order valence-electron chi connectivity index (χ0n) is 20.4. The molecule has 7 atom stereocenters. The van der Waals surface area contributed by atoms with Crippen molar-refractivity contribution in [1.82, 2.24) is 10.2 Å². The number of carbonyl (C=O) groups excluding carboxylic acids is 1. The van der Waals surface area contributed by atoms with Gasteiger partial charge in [-0.25, -0.2) is 4.57 Å². The van der Waals surface area contributed by atoms with Gasteiger partial charge < -0.3 is 40.1 Å². The molecule has 2 fully saturated rings. The quantitative estimate of drug-likeness (QED) is 0.296. The second-order valence-corrected chi connectivity index (χ2v) is 11.5. The van der Waals surface area contributed by atoms with Crippen molar-refractivity contribution in [2.24, 2.45) is 5.92 Å². The first-order valence-electron chi connectivity index (χ1n) is 12.6. The molecule has 3 rings (SSSR count). The summed E-state index contributed by atoms with van der Waals surface area (Å²) in [6.07, 6.45) is 7.13. The number of rotatable bonds is 4. The Hall–Kier alpha value is -1.04. The van der Waals surface area contributed by atoms with E-state index in [-0.39, 0.29) is 11.8 Å². The second-order valence-electron chi connectivity index (χ2n) is 10.2. The van der Waals surface area contributed by atoms with E-state index < -0.39 is 50.6 Å². The Bertz CT molecular complexity index is 778. The van der Waals surface area contributed by atoms with Gasteiger partial charge in [-0.3, -0.25) is 9.32 Å². The molecule has 11 nitrogen and oxygen atoms in total. The fourth-order valence-corrected chi connectivity index (χ4v) is 6.04. The SMILES string of the molecule is CN1C=CC(=O)NC2(CCCCCCCCC(C3OC(COP(=O)(O)O)C(O)C3O)CCC2)C1O. The van der Waals surface area contributed by atoms with Crippen LogP contribution in [-0.4, -0.2) is 85.8 Å². The van der Waals surface area contributed by atoms with Crippen LogP contribution in [-0.2, 0) is 18.6 Å². The normalized spacial score (nSPS) is 38.3. The first kappa shape index (κ1) is 28.5. The largest absolute Gasteiger partial charge is 0.469 e. The van der Waals surface area contributed by atoms with Crippen molar-refractivity contribution in [1.29, 1.82) is 0 Å². The molecule has 1 spiro atoms. The van der Waals surface area contributed by atoms with Crippen LogP contribution < -0.4 is 5.32 Å².